The lowest BCUT2D eigenvalue weighted by molar-refractivity contribution is 0.0280. The summed E-state index contributed by atoms with van der Waals surface area (Å²) < 4.78 is 0. The van der Waals surface area contributed by atoms with E-state index in [1.165, 1.54) is 16.8 Å². The third-order valence-electron chi connectivity index (χ3n) is 5.61. The van der Waals surface area contributed by atoms with Gasteiger partial charge in [-0.3, -0.25) is 4.79 Å². The number of aryl methyl sites for hydroxylation is 2. The number of hydrogen-bond donors (Lipinski definition) is 0. The summed E-state index contributed by atoms with van der Waals surface area (Å²) in [5, 5.41) is 4.58. The fourth-order valence-corrected chi connectivity index (χ4v) is 3.78. The second kappa shape index (κ2) is 8.98. The third kappa shape index (κ3) is 4.88. The van der Waals surface area contributed by atoms with Gasteiger partial charge in [-0.1, -0.05) is 53.8 Å². The van der Waals surface area contributed by atoms with Gasteiger partial charge in [-0.15, -0.1) is 0 Å². The summed E-state index contributed by atoms with van der Waals surface area (Å²) in [5.74, 6) is 6.33. The fraction of sp³-hybridized carbons (Fsp3) is 0.320. The molecule has 0 bridgehead atoms. The lowest BCUT2D eigenvalue weighted by Crippen LogP contribution is -2.52. The van der Waals surface area contributed by atoms with Crippen LogP contribution >= 0.6 is 0 Å². The number of hydrogen-bond acceptors (Lipinski definition) is 4. The molecule has 1 saturated heterocycles. The Kier molecular flexibility index (Phi) is 5.97. The zero-order chi connectivity index (χ0) is 20.1. The molecule has 29 heavy (non-hydrogen) atoms. The van der Waals surface area contributed by atoms with Crippen molar-refractivity contribution in [2.24, 2.45) is 0 Å². The van der Waals surface area contributed by atoms with E-state index in [0.717, 1.165) is 44.7 Å². The van der Waals surface area contributed by atoms with Crippen molar-refractivity contribution in [1.82, 2.24) is 10.0 Å². The number of Topliss-reactive ketones (excluding diaryl/α,β-unsaturated/α-hetero) is 1. The van der Waals surface area contributed by atoms with Crippen LogP contribution in [0.1, 0.15) is 27.9 Å². The van der Waals surface area contributed by atoms with Crippen molar-refractivity contribution < 1.29 is 4.79 Å². The van der Waals surface area contributed by atoms with Crippen molar-refractivity contribution in [2.75, 3.05) is 37.6 Å². The van der Waals surface area contributed by atoms with Gasteiger partial charge in [-0.05, 0) is 31.0 Å². The Bertz CT molecular complexity index is 927. The normalized spacial score (nSPS) is 16.4. The van der Waals surface area contributed by atoms with Crippen LogP contribution in [0.15, 0.2) is 60.8 Å². The number of hydrazine groups is 1. The van der Waals surface area contributed by atoms with E-state index in [-0.39, 0.29) is 5.78 Å². The molecule has 4 heteroatoms. The highest BCUT2D eigenvalue weighted by Crippen LogP contribution is 2.19. The van der Waals surface area contributed by atoms with E-state index in [2.05, 4.69) is 57.2 Å². The first-order valence-corrected chi connectivity index (χ1v) is 10.3. The van der Waals surface area contributed by atoms with E-state index in [0.29, 0.717) is 6.42 Å². The molecule has 4 nitrogen and oxygen atoms in total. The molecule has 0 atom stereocenters. The van der Waals surface area contributed by atoms with Crippen LogP contribution in [0.5, 0.6) is 0 Å². The molecule has 4 rings (SSSR count). The molecule has 2 aliphatic heterocycles. The molecule has 0 N–H and O–H groups in total. The average Bonchev–Trinajstić information content (AvgIpc) is 2.79. The van der Waals surface area contributed by atoms with Crippen molar-refractivity contribution >= 4 is 11.5 Å². The monoisotopic (exact) mass is 385 g/mol. The number of benzene rings is 2. The zero-order valence-corrected chi connectivity index (χ0v) is 17.0. The minimum absolute atomic E-state index is 0.210. The highest BCUT2D eigenvalue weighted by atomic mass is 16.1. The molecule has 148 valence electrons. The Balaban J connectivity index is 1.27. The van der Waals surface area contributed by atoms with Crippen LogP contribution in [0.4, 0.5) is 5.69 Å². The minimum Gasteiger partial charge on any atom is -0.369 e. The lowest BCUT2D eigenvalue weighted by Gasteiger charge is -2.41. The predicted molar refractivity (Wildman–Crippen MR) is 118 cm³/mol. The lowest BCUT2D eigenvalue weighted by atomic mass is 10.0. The van der Waals surface area contributed by atoms with Gasteiger partial charge in [-0.2, -0.15) is 0 Å². The Morgan fingerprint density at radius 2 is 1.69 bits per heavy atom. The standard InChI is InChI=1S/C25H27N3O/c1-21-5-10-23(11-6-21)25(29)14-9-22-7-12-24(13-8-22)26-17-19-28(20-18-26)27-15-3-2-4-16-27/h3,5-8,10-13,15H,9,14,16-20H2,1H3. The highest BCUT2D eigenvalue weighted by Gasteiger charge is 2.20. The number of carbonyl (C=O) groups excluding carboxylic acids is 1. The van der Waals surface area contributed by atoms with E-state index in [9.17, 15) is 4.79 Å². The van der Waals surface area contributed by atoms with E-state index in [1.807, 2.05) is 37.3 Å². The van der Waals surface area contributed by atoms with Crippen LogP contribution in [-0.4, -0.2) is 48.5 Å². The Morgan fingerprint density at radius 1 is 0.966 bits per heavy atom. The van der Waals surface area contributed by atoms with Crippen LogP contribution in [0, 0.1) is 18.8 Å². The van der Waals surface area contributed by atoms with Crippen LogP contribution in [-0.2, 0) is 6.42 Å². The molecule has 0 spiro atoms. The molecule has 0 aromatic heterocycles. The predicted octanol–water partition coefficient (Wildman–Crippen LogP) is 3.68. The van der Waals surface area contributed by atoms with Crippen molar-refractivity contribution in [1.29, 1.82) is 0 Å². The maximum atomic E-state index is 12.4. The summed E-state index contributed by atoms with van der Waals surface area (Å²) in [4.78, 5) is 14.8. The van der Waals surface area contributed by atoms with Gasteiger partial charge in [0.15, 0.2) is 5.78 Å². The molecule has 1 fully saturated rings. The Morgan fingerprint density at radius 3 is 2.34 bits per heavy atom. The molecule has 0 amide bonds. The first-order valence-electron chi connectivity index (χ1n) is 10.3. The molecule has 0 unspecified atom stereocenters. The van der Waals surface area contributed by atoms with Crippen LogP contribution in [0.2, 0.25) is 0 Å². The van der Waals surface area contributed by atoms with Crippen molar-refractivity contribution in [2.45, 2.75) is 19.8 Å². The largest absolute Gasteiger partial charge is 0.369 e. The third-order valence-corrected chi connectivity index (χ3v) is 5.61. The first kappa shape index (κ1) is 19.3. The van der Waals surface area contributed by atoms with Crippen LogP contribution in [0.3, 0.4) is 0 Å². The first-order chi connectivity index (χ1) is 14.2. The molecule has 2 aliphatic rings. The zero-order valence-electron chi connectivity index (χ0n) is 17.0. The second-order valence-electron chi connectivity index (χ2n) is 7.63. The number of allylic oxidation sites excluding steroid dienone is 1. The van der Waals surface area contributed by atoms with Gasteiger partial charge >= 0.3 is 0 Å². The summed E-state index contributed by atoms with van der Waals surface area (Å²) in [7, 11) is 0. The van der Waals surface area contributed by atoms with Gasteiger partial charge in [0.05, 0.1) is 6.54 Å². The van der Waals surface area contributed by atoms with Gasteiger partial charge in [0, 0.05) is 56.1 Å². The van der Waals surface area contributed by atoms with Crippen molar-refractivity contribution in [3.63, 3.8) is 0 Å². The number of rotatable bonds is 6. The number of nitrogens with zero attached hydrogens (tertiary/aromatic N) is 3. The quantitative estimate of drug-likeness (QED) is 0.560. The molecule has 2 aromatic carbocycles. The van der Waals surface area contributed by atoms with Crippen molar-refractivity contribution in [3.05, 3.63) is 77.5 Å². The van der Waals surface area contributed by atoms with E-state index in [4.69, 9.17) is 0 Å². The van der Waals surface area contributed by atoms with Crippen molar-refractivity contribution in [3.8, 4) is 11.8 Å². The summed E-state index contributed by atoms with van der Waals surface area (Å²) in [6.45, 7) is 6.82. The molecular formula is C25H27N3O. The topological polar surface area (TPSA) is 26.8 Å². The van der Waals surface area contributed by atoms with E-state index >= 15 is 0 Å². The smallest absolute Gasteiger partial charge is 0.163 e. The SMILES string of the molecule is Cc1ccc(C(=O)CCc2ccc(N3CCN(N4C=CC#CC4)CC3)cc2)cc1. The average molecular weight is 386 g/mol. The Labute approximate surface area is 173 Å². The van der Waals surface area contributed by atoms with Gasteiger partial charge in [0.2, 0.25) is 0 Å². The molecule has 0 radical (unpaired) electrons. The molecule has 2 heterocycles. The second-order valence-corrected chi connectivity index (χ2v) is 7.63. The number of piperazine rings is 1. The van der Waals surface area contributed by atoms with E-state index < -0.39 is 0 Å². The minimum atomic E-state index is 0.210. The molecular weight excluding hydrogens is 358 g/mol. The summed E-state index contributed by atoms with van der Waals surface area (Å²) >= 11 is 0. The maximum Gasteiger partial charge on any atom is 0.163 e. The van der Waals surface area contributed by atoms with Gasteiger partial charge in [-0.25, -0.2) is 5.01 Å². The van der Waals surface area contributed by atoms with Gasteiger partial charge < -0.3 is 9.91 Å². The number of carbonyl (C=O) groups is 1. The number of anilines is 1. The highest BCUT2D eigenvalue weighted by molar-refractivity contribution is 5.96. The Hall–Kier alpha value is -3.03. The molecule has 2 aromatic rings. The van der Waals surface area contributed by atoms with Crippen LogP contribution < -0.4 is 4.90 Å². The van der Waals surface area contributed by atoms with Gasteiger partial charge in [0.1, 0.15) is 0 Å². The van der Waals surface area contributed by atoms with Crippen LogP contribution in [0.25, 0.3) is 0 Å². The van der Waals surface area contributed by atoms with Gasteiger partial charge in [0.25, 0.3) is 0 Å². The summed E-state index contributed by atoms with van der Waals surface area (Å²) in [6.07, 6.45) is 5.31. The van der Waals surface area contributed by atoms with E-state index in [1.54, 1.807) is 0 Å². The number of ketones is 1. The summed E-state index contributed by atoms with van der Waals surface area (Å²) in [5.41, 5.74) is 4.45. The maximum absolute atomic E-state index is 12.4. The summed E-state index contributed by atoms with van der Waals surface area (Å²) in [6, 6.07) is 16.5. The molecule has 0 aliphatic carbocycles. The molecule has 0 saturated carbocycles. The fourth-order valence-electron chi connectivity index (χ4n) is 3.78.